The van der Waals surface area contributed by atoms with Crippen LogP contribution in [0.25, 0.3) is 10.1 Å². The summed E-state index contributed by atoms with van der Waals surface area (Å²) in [5, 5.41) is 13.3. The topological polar surface area (TPSA) is 37.3 Å². The third kappa shape index (κ3) is 4.63. The van der Waals surface area contributed by atoms with Crippen molar-refractivity contribution in [2.75, 3.05) is 0 Å². The summed E-state index contributed by atoms with van der Waals surface area (Å²) in [7, 11) is 0. The second kappa shape index (κ2) is 8.43. The van der Waals surface area contributed by atoms with Gasteiger partial charge in [0.05, 0.1) is 0 Å². The Labute approximate surface area is 164 Å². The van der Waals surface area contributed by atoms with Gasteiger partial charge >= 0.3 is 133 Å². The van der Waals surface area contributed by atoms with E-state index in [0.717, 1.165) is 41.4 Å². The van der Waals surface area contributed by atoms with Crippen molar-refractivity contribution in [2.45, 2.75) is 13.3 Å². The first-order valence-corrected chi connectivity index (χ1v) is 8.32. The van der Waals surface area contributed by atoms with E-state index in [1.165, 1.54) is 11.3 Å². The standard InChI is InChI=1S/C16H12O2S.W.Y/c1-3-11(2)5-4-6-15(18)14-10-19-16-9-12(17)7-8-13(14)16;;/h2,4-5,7-9,17H,3H2,1H3;;/q-2;;/b5-4-;;. The summed E-state index contributed by atoms with van der Waals surface area (Å²) < 4.78 is 1.56. The first-order chi connectivity index (χ1) is 9.52. The molecule has 0 aliphatic rings. The number of ketones is 1. The molecule has 2 rings (SSSR count). The minimum Gasteiger partial charge on any atom is 0 e. The van der Waals surface area contributed by atoms with Crippen molar-refractivity contribution in [2.24, 2.45) is 0 Å². The number of thiophene rings is 1. The second-order valence-electron chi connectivity index (χ2n) is 4.21. The maximum absolute atomic E-state index is 12.4. The number of rotatable bonds is 5. The van der Waals surface area contributed by atoms with E-state index in [9.17, 15) is 9.90 Å². The van der Waals surface area contributed by atoms with Crippen LogP contribution >= 0.6 is 11.3 Å². The maximum atomic E-state index is 12.4. The first kappa shape index (κ1) is 18.8. The third-order valence-electron chi connectivity index (χ3n) is 2.81. The predicted octanol–water partition coefficient (Wildman–Crippen LogP) is 3.63. The molecule has 0 atom stereocenters. The van der Waals surface area contributed by atoms with Crippen molar-refractivity contribution in [3.63, 3.8) is 0 Å². The van der Waals surface area contributed by atoms with Gasteiger partial charge in [0.1, 0.15) is 0 Å². The molecule has 0 bridgehead atoms. The van der Waals surface area contributed by atoms with Gasteiger partial charge in [0, 0.05) is 32.7 Å². The van der Waals surface area contributed by atoms with Crippen molar-refractivity contribution in [1.82, 2.24) is 0 Å². The SMILES string of the molecule is [CH-]=C(/C=C\[C](=[W])C(=O)c1[c-]sc2cc(O)ccc12)CC.[Y]. The molecule has 1 radical (unpaired) electrons. The van der Waals surface area contributed by atoms with Crippen LogP contribution in [0.5, 0.6) is 5.75 Å². The number of allylic oxidation sites excluding steroid dienone is 3. The smallest absolute Gasteiger partial charge is 0 e. The maximum Gasteiger partial charge on any atom is 0 e. The van der Waals surface area contributed by atoms with Crippen LogP contribution in [0.1, 0.15) is 23.7 Å². The monoisotopic (exact) mass is 541 g/mol. The zero-order valence-corrected chi connectivity index (χ0v) is 18.0. The number of hydrogen-bond acceptors (Lipinski definition) is 3. The normalized spacial score (nSPS) is 10.5. The van der Waals surface area contributed by atoms with Gasteiger partial charge in [-0.05, 0) is 0 Å². The fourth-order valence-electron chi connectivity index (χ4n) is 1.63. The minimum atomic E-state index is -0.0305. The van der Waals surface area contributed by atoms with E-state index in [-0.39, 0.29) is 44.2 Å². The second-order valence-corrected chi connectivity index (χ2v) is 6.64. The van der Waals surface area contributed by atoms with Gasteiger partial charge in [-0.2, -0.15) is 0 Å². The first-order valence-electron chi connectivity index (χ1n) is 6.04. The van der Waals surface area contributed by atoms with Crippen molar-refractivity contribution >= 4 is 31.1 Å². The Hall–Kier alpha value is -0.208. The van der Waals surface area contributed by atoms with Crippen molar-refractivity contribution in [3.05, 3.63) is 53.4 Å². The van der Waals surface area contributed by atoms with Gasteiger partial charge in [-0.25, -0.2) is 0 Å². The van der Waals surface area contributed by atoms with Crippen LogP contribution in [0.2, 0.25) is 0 Å². The largest absolute Gasteiger partial charge is 0 e. The summed E-state index contributed by atoms with van der Waals surface area (Å²) in [6, 6.07) is 4.98. The van der Waals surface area contributed by atoms with Gasteiger partial charge in [0.25, 0.3) is 0 Å². The number of aromatic hydroxyl groups is 1. The Morgan fingerprint density at radius 1 is 1.48 bits per heavy atom. The number of Topliss-reactive ketones (excluding diaryl/α,β-unsaturated/α-hetero) is 1. The molecule has 0 aliphatic carbocycles. The number of phenols is 1. The molecule has 1 heterocycles. The fraction of sp³-hybridized carbons (Fsp3) is 0.125. The molecule has 2 nitrogen and oxygen atoms in total. The molecule has 0 amide bonds. The van der Waals surface area contributed by atoms with Crippen LogP contribution in [0.3, 0.4) is 0 Å². The summed E-state index contributed by atoms with van der Waals surface area (Å²) in [5.74, 6) is 0.167. The molecule has 21 heavy (non-hydrogen) atoms. The molecule has 0 unspecified atom stereocenters. The number of hydrogen-bond donors (Lipinski definition) is 1. The molecule has 0 saturated heterocycles. The van der Waals surface area contributed by atoms with E-state index in [4.69, 9.17) is 6.58 Å². The molecule has 105 valence electrons. The average Bonchev–Trinajstić information content (AvgIpc) is 2.86. The van der Waals surface area contributed by atoms with Crippen molar-refractivity contribution < 1.29 is 62.0 Å². The van der Waals surface area contributed by atoms with Crippen molar-refractivity contribution in [1.29, 1.82) is 0 Å². The summed E-state index contributed by atoms with van der Waals surface area (Å²) >= 11 is 2.43. The van der Waals surface area contributed by atoms with Gasteiger partial charge in [0.15, 0.2) is 0 Å². The molecule has 5 heteroatoms. The van der Waals surface area contributed by atoms with Gasteiger partial charge in [-0.15, -0.1) is 0 Å². The van der Waals surface area contributed by atoms with E-state index in [2.05, 4.69) is 5.38 Å². The molecule has 0 spiro atoms. The molecular formula is C16H12O2SWY-2. The van der Waals surface area contributed by atoms with Crippen molar-refractivity contribution in [3.8, 4) is 5.75 Å². The number of benzene rings is 1. The van der Waals surface area contributed by atoms with E-state index in [0.29, 0.717) is 9.46 Å². The van der Waals surface area contributed by atoms with Crippen LogP contribution in [0.4, 0.5) is 0 Å². The van der Waals surface area contributed by atoms with Crippen LogP contribution in [-0.2, 0) is 52.1 Å². The molecule has 2 aromatic rings. The summed E-state index contributed by atoms with van der Waals surface area (Å²) in [6.07, 6.45) is 4.31. The molecular weight excluding hydrogens is 529 g/mol. The van der Waals surface area contributed by atoms with E-state index < -0.39 is 0 Å². The molecule has 1 aromatic heterocycles. The van der Waals surface area contributed by atoms with Crippen LogP contribution < -0.4 is 0 Å². The molecule has 0 saturated carbocycles. The number of carbonyl (C=O) groups excluding carboxylic acids is 1. The fourth-order valence-corrected chi connectivity index (χ4v) is 3.12. The van der Waals surface area contributed by atoms with Gasteiger partial charge in [0.2, 0.25) is 0 Å². The Kier molecular flexibility index (Phi) is 7.56. The van der Waals surface area contributed by atoms with Crippen LogP contribution in [0.15, 0.2) is 35.9 Å². The Bertz CT molecular complexity index is 731. The molecule has 1 aromatic carbocycles. The number of carbonyl (C=O) groups is 1. The quantitative estimate of drug-likeness (QED) is 0.357. The Morgan fingerprint density at radius 3 is 2.86 bits per heavy atom. The van der Waals surface area contributed by atoms with Crippen LogP contribution in [0, 0.1) is 12.0 Å². The Morgan fingerprint density at radius 2 is 2.19 bits per heavy atom. The van der Waals surface area contributed by atoms with Gasteiger partial charge in [-0.3, -0.25) is 0 Å². The van der Waals surface area contributed by atoms with Gasteiger partial charge < -0.3 is 0 Å². The molecule has 1 N–H and O–H groups in total. The summed E-state index contributed by atoms with van der Waals surface area (Å²) in [5.41, 5.74) is 1.32. The van der Waals surface area contributed by atoms with E-state index in [1.54, 1.807) is 30.4 Å². The number of phenolic OH excluding ortho intramolecular Hbond substituents is 1. The molecule has 0 fully saturated rings. The zero-order valence-electron chi connectivity index (χ0n) is 11.4. The predicted molar refractivity (Wildman–Crippen MR) is 78.9 cm³/mol. The average molecular weight is 541 g/mol. The summed E-state index contributed by atoms with van der Waals surface area (Å²) in [6.45, 7) is 7.70. The third-order valence-corrected chi connectivity index (χ3v) is 4.82. The van der Waals surface area contributed by atoms with E-state index in [1.807, 2.05) is 6.92 Å². The Balaban J connectivity index is 0.00000220. The van der Waals surface area contributed by atoms with Crippen LogP contribution in [-0.4, -0.2) is 14.8 Å². The minimum absolute atomic E-state index is 0. The number of fused-ring (bicyclic) bond motifs is 1. The zero-order chi connectivity index (χ0) is 14.7. The molecule has 0 aliphatic heterocycles. The van der Waals surface area contributed by atoms with E-state index >= 15 is 0 Å². The summed E-state index contributed by atoms with van der Waals surface area (Å²) in [4.78, 5) is 12.4. The van der Waals surface area contributed by atoms with Gasteiger partial charge in [-0.1, -0.05) is 0 Å².